The van der Waals surface area contributed by atoms with Gasteiger partial charge < -0.3 is 0 Å². The molecule has 0 aromatic rings. The molecule has 2 aliphatic heterocycles. The van der Waals surface area contributed by atoms with E-state index in [-0.39, 0.29) is 5.91 Å². The van der Waals surface area contributed by atoms with E-state index in [0.29, 0.717) is 4.42 Å². The first-order valence-electron chi connectivity index (χ1n) is 5.78. The quantitative estimate of drug-likeness (QED) is 0.430. The average molecular weight is 438 g/mol. The molecule has 2 heterocycles. The molecule has 0 aromatic heterocycles. The molecule has 2 rings (SSSR count). The van der Waals surface area contributed by atoms with E-state index in [0.717, 1.165) is 12.8 Å². The van der Waals surface area contributed by atoms with Gasteiger partial charge in [0, 0.05) is 35.3 Å². The van der Waals surface area contributed by atoms with Crippen LogP contribution in [-0.2, 0) is 9.59 Å². The largest absolute Gasteiger partial charge is 0.357 e. The van der Waals surface area contributed by atoms with Gasteiger partial charge in [0.25, 0.3) is 11.8 Å². The molecule has 0 spiro atoms. The first kappa shape index (κ1) is 19.3. The number of imide groups is 2. The molecule has 2 fully saturated rings. The van der Waals surface area contributed by atoms with Crippen LogP contribution in [0.15, 0.2) is 0 Å². The Kier molecular flexibility index (Phi) is 5.28. The van der Waals surface area contributed by atoms with Crippen molar-refractivity contribution in [2.24, 2.45) is 0 Å². The SMILES string of the molecule is CC1(C)C(=O)N(Br)C(=O)N1Cl.CC1(C)C(=O)N(Cl)C(=O)N1Cl. The third-order valence-electron chi connectivity index (χ3n) is 3.06. The number of nitrogens with zero attached hydrogens (tertiary/aromatic N) is 4. The molecule has 22 heavy (non-hydrogen) atoms. The average Bonchev–Trinajstić information content (AvgIpc) is 2.67. The molecular formula is C10H12BrCl3N4O4. The molecule has 0 unspecified atom stereocenters. The van der Waals surface area contributed by atoms with E-state index in [9.17, 15) is 19.2 Å². The van der Waals surface area contributed by atoms with Gasteiger partial charge in [-0.05, 0) is 27.7 Å². The lowest BCUT2D eigenvalue weighted by molar-refractivity contribution is -0.128. The molecule has 0 atom stereocenters. The van der Waals surface area contributed by atoms with Crippen molar-refractivity contribution >= 4 is 75.4 Å². The Morgan fingerprint density at radius 2 is 1.14 bits per heavy atom. The summed E-state index contributed by atoms with van der Waals surface area (Å²) in [5.41, 5.74) is -2.00. The van der Waals surface area contributed by atoms with Gasteiger partial charge in [0.05, 0.1) is 16.1 Å². The highest BCUT2D eigenvalue weighted by molar-refractivity contribution is 9.08. The van der Waals surface area contributed by atoms with E-state index in [1.807, 2.05) is 0 Å². The molecule has 6 amide bonds. The van der Waals surface area contributed by atoms with E-state index in [1.54, 1.807) is 13.8 Å². The van der Waals surface area contributed by atoms with Gasteiger partial charge in [-0.2, -0.15) is 8.34 Å². The van der Waals surface area contributed by atoms with Crippen LogP contribution < -0.4 is 0 Å². The summed E-state index contributed by atoms with van der Waals surface area (Å²) in [6.07, 6.45) is 0. The molecule has 0 aromatic carbocycles. The monoisotopic (exact) mass is 436 g/mol. The molecule has 0 bridgehead atoms. The minimum absolute atomic E-state index is 0.363. The highest BCUT2D eigenvalue weighted by Gasteiger charge is 2.51. The second-order valence-electron chi connectivity index (χ2n) is 5.42. The molecule has 0 saturated carbocycles. The van der Waals surface area contributed by atoms with Crippen molar-refractivity contribution in [2.75, 3.05) is 0 Å². The third-order valence-corrected chi connectivity index (χ3v) is 5.11. The zero-order chi connectivity index (χ0) is 17.6. The zero-order valence-electron chi connectivity index (χ0n) is 11.9. The maximum Gasteiger partial charge on any atom is 0.357 e. The van der Waals surface area contributed by atoms with Gasteiger partial charge in [0.15, 0.2) is 0 Å². The summed E-state index contributed by atoms with van der Waals surface area (Å²) in [5, 5.41) is 0. The number of carbonyl (C=O) groups excluding carboxylic acids is 4. The Morgan fingerprint density at radius 3 is 1.23 bits per heavy atom. The van der Waals surface area contributed by atoms with Crippen molar-refractivity contribution < 1.29 is 19.2 Å². The molecule has 8 nitrogen and oxygen atoms in total. The molecule has 0 aliphatic carbocycles. The lowest BCUT2D eigenvalue weighted by Crippen LogP contribution is -2.38. The molecular weight excluding hydrogens is 426 g/mol. The van der Waals surface area contributed by atoms with Gasteiger partial charge in [-0.15, -0.1) is 0 Å². The Bertz CT molecular complexity index is 508. The number of urea groups is 2. The number of hydrogen-bond acceptors (Lipinski definition) is 4. The Labute approximate surface area is 150 Å². The van der Waals surface area contributed by atoms with E-state index < -0.39 is 29.0 Å². The smallest absolute Gasteiger partial charge is 0.271 e. The molecule has 2 aliphatic rings. The van der Waals surface area contributed by atoms with Crippen molar-refractivity contribution in [3.63, 3.8) is 0 Å². The van der Waals surface area contributed by atoms with Crippen molar-refractivity contribution in [1.82, 2.24) is 17.2 Å². The minimum Gasteiger partial charge on any atom is -0.271 e. The van der Waals surface area contributed by atoms with E-state index >= 15 is 0 Å². The van der Waals surface area contributed by atoms with Crippen molar-refractivity contribution in [1.29, 1.82) is 0 Å². The summed E-state index contributed by atoms with van der Waals surface area (Å²) >= 11 is 19.1. The Balaban J connectivity index is 0.000000220. The summed E-state index contributed by atoms with van der Waals surface area (Å²) in [6, 6.07) is -1.26. The number of carbonyl (C=O) groups is 4. The van der Waals surface area contributed by atoms with Crippen molar-refractivity contribution in [3.05, 3.63) is 0 Å². The number of rotatable bonds is 0. The second kappa shape index (κ2) is 6.03. The van der Waals surface area contributed by atoms with Crippen LogP contribution in [0.5, 0.6) is 0 Å². The summed E-state index contributed by atoms with van der Waals surface area (Å²) in [4.78, 5) is 44.2. The van der Waals surface area contributed by atoms with Crippen LogP contribution in [0.3, 0.4) is 0 Å². The van der Waals surface area contributed by atoms with Crippen LogP contribution in [-0.4, -0.2) is 52.1 Å². The van der Waals surface area contributed by atoms with Crippen LogP contribution >= 0.6 is 51.5 Å². The molecule has 0 N–H and O–H groups in total. The number of hydrogen-bond donors (Lipinski definition) is 0. The molecule has 2 saturated heterocycles. The van der Waals surface area contributed by atoms with Crippen molar-refractivity contribution in [3.8, 4) is 0 Å². The van der Waals surface area contributed by atoms with E-state index in [2.05, 4.69) is 16.1 Å². The molecule has 0 radical (unpaired) electrons. The van der Waals surface area contributed by atoms with Gasteiger partial charge in [0.1, 0.15) is 11.1 Å². The first-order valence-corrected chi connectivity index (χ1v) is 7.50. The van der Waals surface area contributed by atoms with Crippen LogP contribution in [0.4, 0.5) is 9.59 Å². The fraction of sp³-hybridized carbons (Fsp3) is 0.600. The lowest BCUT2D eigenvalue weighted by Gasteiger charge is -2.18. The van der Waals surface area contributed by atoms with Gasteiger partial charge in [-0.3, -0.25) is 9.59 Å². The third kappa shape index (κ3) is 2.86. The highest BCUT2D eigenvalue weighted by Crippen LogP contribution is 2.31. The van der Waals surface area contributed by atoms with Crippen LogP contribution in [0, 0.1) is 0 Å². The topological polar surface area (TPSA) is 81.2 Å². The molecule has 12 heteroatoms. The minimum atomic E-state index is -1.04. The predicted octanol–water partition coefficient (Wildman–Crippen LogP) is 2.83. The fourth-order valence-electron chi connectivity index (χ4n) is 1.45. The predicted molar refractivity (Wildman–Crippen MR) is 82.8 cm³/mol. The van der Waals surface area contributed by atoms with Crippen LogP contribution in [0.2, 0.25) is 0 Å². The Hall–Kier alpha value is -0.770. The summed E-state index contributed by atoms with van der Waals surface area (Å²) in [7, 11) is 0. The fourth-order valence-corrected chi connectivity index (χ4v) is 2.76. The normalized spacial score (nSPS) is 23.3. The lowest BCUT2D eigenvalue weighted by atomic mass is 10.1. The number of amides is 6. The Morgan fingerprint density at radius 1 is 0.773 bits per heavy atom. The van der Waals surface area contributed by atoms with Gasteiger partial charge in [0.2, 0.25) is 0 Å². The summed E-state index contributed by atoms with van der Waals surface area (Å²) < 4.78 is 2.94. The van der Waals surface area contributed by atoms with Gasteiger partial charge >= 0.3 is 12.1 Å². The summed E-state index contributed by atoms with van der Waals surface area (Å²) in [5.74, 6) is -0.878. The van der Waals surface area contributed by atoms with Crippen molar-refractivity contribution in [2.45, 2.75) is 38.8 Å². The van der Waals surface area contributed by atoms with Crippen LogP contribution in [0.1, 0.15) is 27.7 Å². The maximum atomic E-state index is 11.2. The highest BCUT2D eigenvalue weighted by atomic mass is 79.9. The summed E-state index contributed by atoms with van der Waals surface area (Å²) in [6.45, 7) is 6.17. The molecule has 124 valence electrons. The second-order valence-corrected chi connectivity index (χ2v) is 7.14. The van der Waals surface area contributed by atoms with Gasteiger partial charge in [-0.1, -0.05) is 0 Å². The van der Waals surface area contributed by atoms with E-state index in [4.69, 9.17) is 35.3 Å². The standard InChI is InChI=1S/C5H6BrClN2O2.C5H6Cl2N2O2/c2*1-5(2)3(10)8(6)4(11)9(5)7/h2*1-2H3. The van der Waals surface area contributed by atoms with E-state index in [1.165, 1.54) is 13.8 Å². The number of halogens is 4. The van der Waals surface area contributed by atoms with Crippen LogP contribution in [0.25, 0.3) is 0 Å². The zero-order valence-corrected chi connectivity index (χ0v) is 15.8. The maximum absolute atomic E-state index is 11.2. The van der Waals surface area contributed by atoms with Gasteiger partial charge in [-0.25, -0.2) is 18.4 Å². The first-order chi connectivity index (χ1) is 9.77.